The number of nitrogens with zero attached hydrogens (tertiary/aromatic N) is 2. The molecule has 0 spiro atoms. The van der Waals surface area contributed by atoms with E-state index in [2.05, 4.69) is 49.3 Å². The number of nitrogens with one attached hydrogen (secondary N) is 1. The summed E-state index contributed by atoms with van der Waals surface area (Å²) in [6, 6.07) is 6.39. The first-order valence-electron chi connectivity index (χ1n) is 7.47. The van der Waals surface area contributed by atoms with Gasteiger partial charge in [0.1, 0.15) is 5.82 Å². The highest BCUT2D eigenvalue weighted by Gasteiger charge is 2.09. The van der Waals surface area contributed by atoms with E-state index in [1.807, 2.05) is 0 Å². The second-order valence-electron chi connectivity index (χ2n) is 4.86. The maximum absolute atomic E-state index is 4.71. The highest BCUT2D eigenvalue weighted by molar-refractivity contribution is 7.15. The lowest BCUT2D eigenvalue weighted by molar-refractivity contribution is 0.873. The van der Waals surface area contributed by atoms with Gasteiger partial charge in [0.05, 0.1) is 4.88 Å². The van der Waals surface area contributed by atoms with Crippen LogP contribution < -0.4 is 5.32 Å². The fraction of sp³-hybridized carbons (Fsp3) is 0.500. The smallest absolute Gasteiger partial charge is 0.171 e. The Morgan fingerprint density at radius 1 is 1.10 bits per heavy atom. The maximum Gasteiger partial charge on any atom is 0.171 e. The second kappa shape index (κ2) is 7.39. The van der Waals surface area contributed by atoms with Crippen molar-refractivity contribution in [3.63, 3.8) is 0 Å². The molecule has 0 aromatic carbocycles. The molecule has 2 aromatic rings. The summed E-state index contributed by atoms with van der Waals surface area (Å²) in [5, 5.41) is 3.38. The number of rotatable bonds is 7. The van der Waals surface area contributed by atoms with E-state index in [9.17, 15) is 0 Å². The summed E-state index contributed by atoms with van der Waals surface area (Å²) >= 11 is 1.79. The van der Waals surface area contributed by atoms with Gasteiger partial charge in [0.25, 0.3) is 0 Å². The zero-order chi connectivity index (χ0) is 14.4. The van der Waals surface area contributed by atoms with Crippen LogP contribution >= 0.6 is 11.3 Å². The van der Waals surface area contributed by atoms with Crippen LogP contribution in [0.1, 0.15) is 44.2 Å². The molecule has 2 aromatic heterocycles. The zero-order valence-corrected chi connectivity index (χ0v) is 13.4. The molecule has 0 fully saturated rings. The summed E-state index contributed by atoms with van der Waals surface area (Å²) in [6.07, 6.45) is 4.28. The molecular formula is C16H23N3S. The molecule has 108 valence electrons. The van der Waals surface area contributed by atoms with E-state index in [4.69, 9.17) is 4.98 Å². The second-order valence-corrected chi connectivity index (χ2v) is 6.03. The third kappa shape index (κ3) is 3.79. The van der Waals surface area contributed by atoms with Crippen LogP contribution in [0.15, 0.2) is 18.2 Å². The minimum absolute atomic E-state index is 0.860. The van der Waals surface area contributed by atoms with Gasteiger partial charge in [-0.2, -0.15) is 0 Å². The van der Waals surface area contributed by atoms with E-state index >= 15 is 0 Å². The minimum atomic E-state index is 0.860. The summed E-state index contributed by atoms with van der Waals surface area (Å²) in [7, 11) is 0. The van der Waals surface area contributed by atoms with Crippen molar-refractivity contribution in [3.05, 3.63) is 28.8 Å². The summed E-state index contributed by atoms with van der Waals surface area (Å²) in [5.74, 6) is 1.81. The molecule has 2 heterocycles. The first-order chi connectivity index (χ1) is 9.76. The molecule has 3 nitrogen and oxygen atoms in total. The summed E-state index contributed by atoms with van der Waals surface area (Å²) in [4.78, 5) is 11.9. The topological polar surface area (TPSA) is 37.8 Å². The van der Waals surface area contributed by atoms with Crippen molar-refractivity contribution in [2.75, 3.05) is 11.9 Å². The van der Waals surface area contributed by atoms with Crippen LogP contribution in [0.25, 0.3) is 10.7 Å². The molecule has 20 heavy (non-hydrogen) atoms. The third-order valence-corrected chi connectivity index (χ3v) is 4.30. The van der Waals surface area contributed by atoms with Crippen molar-refractivity contribution in [2.24, 2.45) is 0 Å². The van der Waals surface area contributed by atoms with E-state index < -0.39 is 0 Å². The lowest BCUT2D eigenvalue weighted by atomic mass is 10.2. The van der Waals surface area contributed by atoms with E-state index in [0.717, 1.165) is 49.6 Å². The fourth-order valence-electron chi connectivity index (χ4n) is 2.02. The Bertz CT molecular complexity index is 548. The molecule has 0 aliphatic carbocycles. The molecule has 4 heteroatoms. The van der Waals surface area contributed by atoms with Gasteiger partial charge in [0.15, 0.2) is 5.82 Å². The van der Waals surface area contributed by atoms with Crippen molar-refractivity contribution >= 4 is 17.2 Å². The first kappa shape index (κ1) is 15.0. The largest absolute Gasteiger partial charge is 0.370 e. The first-order valence-corrected chi connectivity index (χ1v) is 8.29. The fourth-order valence-corrected chi connectivity index (χ4v) is 2.91. The quantitative estimate of drug-likeness (QED) is 0.813. The Morgan fingerprint density at radius 2 is 1.95 bits per heavy atom. The Hall–Kier alpha value is -1.42. The van der Waals surface area contributed by atoms with E-state index in [-0.39, 0.29) is 0 Å². The Kier molecular flexibility index (Phi) is 5.53. The Balaban J connectivity index is 2.32. The van der Waals surface area contributed by atoms with Crippen LogP contribution in [0.5, 0.6) is 0 Å². The maximum atomic E-state index is 4.71. The molecule has 0 atom stereocenters. The molecular weight excluding hydrogens is 266 g/mol. The molecule has 0 bridgehead atoms. The Labute approximate surface area is 125 Å². The van der Waals surface area contributed by atoms with Gasteiger partial charge in [-0.1, -0.05) is 27.2 Å². The van der Waals surface area contributed by atoms with Crippen LogP contribution in [0.4, 0.5) is 5.82 Å². The lowest BCUT2D eigenvalue weighted by Gasteiger charge is -2.08. The van der Waals surface area contributed by atoms with Crippen LogP contribution in [0.3, 0.4) is 0 Å². The lowest BCUT2D eigenvalue weighted by Crippen LogP contribution is -2.05. The van der Waals surface area contributed by atoms with Crippen LogP contribution in [0, 0.1) is 0 Å². The highest BCUT2D eigenvalue weighted by atomic mass is 32.1. The van der Waals surface area contributed by atoms with Crippen molar-refractivity contribution in [1.29, 1.82) is 0 Å². The van der Waals surface area contributed by atoms with Gasteiger partial charge in [-0.3, -0.25) is 0 Å². The minimum Gasteiger partial charge on any atom is -0.370 e. The van der Waals surface area contributed by atoms with E-state index in [1.165, 1.54) is 9.75 Å². The third-order valence-electron chi connectivity index (χ3n) is 3.07. The monoisotopic (exact) mass is 289 g/mol. The molecule has 1 N–H and O–H groups in total. The average Bonchev–Trinajstić information content (AvgIpc) is 2.94. The molecule has 0 saturated carbocycles. The van der Waals surface area contributed by atoms with Gasteiger partial charge >= 0.3 is 0 Å². The highest BCUT2D eigenvalue weighted by Crippen LogP contribution is 2.27. The molecule has 0 aliphatic heterocycles. The van der Waals surface area contributed by atoms with Gasteiger partial charge in [-0.05, 0) is 31.4 Å². The number of aromatic nitrogens is 2. The number of aryl methyl sites for hydroxylation is 2. The number of anilines is 1. The van der Waals surface area contributed by atoms with Gasteiger partial charge in [-0.25, -0.2) is 9.97 Å². The van der Waals surface area contributed by atoms with Crippen LogP contribution in [-0.2, 0) is 12.8 Å². The van der Waals surface area contributed by atoms with Gasteiger partial charge in [0.2, 0.25) is 0 Å². The van der Waals surface area contributed by atoms with Gasteiger partial charge in [0, 0.05) is 23.2 Å². The van der Waals surface area contributed by atoms with Crippen LogP contribution in [-0.4, -0.2) is 16.5 Å². The average molecular weight is 289 g/mol. The number of hydrogen-bond donors (Lipinski definition) is 1. The van der Waals surface area contributed by atoms with Crippen molar-refractivity contribution in [1.82, 2.24) is 9.97 Å². The summed E-state index contributed by atoms with van der Waals surface area (Å²) < 4.78 is 0. The zero-order valence-electron chi connectivity index (χ0n) is 12.6. The molecule has 0 aliphatic rings. The van der Waals surface area contributed by atoms with E-state index in [1.54, 1.807) is 11.3 Å². The molecule has 0 radical (unpaired) electrons. The Morgan fingerprint density at radius 3 is 2.60 bits per heavy atom. The van der Waals surface area contributed by atoms with Gasteiger partial charge in [-0.15, -0.1) is 11.3 Å². The normalized spacial score (nSPS) is 10.8. The standard InChI is InChI=1S/C16H23N3S/c1-4-7-12-11-15(17-10-5-2)19-16(18-12)14-9-8-13(6-3)20-14/h8-9,11H,4-7,10H2,1-3H3,(H,17,18,19). The van der Waals surface area contributed by atoms with E-state index in [0.29, 0.717) is 0 Å². The SMILES string of the molecule is CCCNc1cc(CCC)nc(-c2ccc(CC)s2)n1. The molecule has 0 amide bonds. The predicted octanol–water partition coefficient (Wildman–Crippen LogP) is 4.54. The van der Waals surface area contributed by atoms with Crippen molar-refractivity contribution in [2.45, 2.75) is 46.5 Å². The molecule has 0 unspecified atom stereocenters. The van der Waals surface area contributed by atoms with Gasteiger partial charge < -0.3 is 5.32 Å². The van der Waals surface area contributed by atoms with Crippen LogP contribution in [0.2, 0.25) is 0 Å². The number of hydrogen-bond acceptors (Lipinski definition) is 4. The number of thiophene rings is 1. The summed E-state index contributed by atoms with van der Waals surface area (Å²) in [6.45, 7) is 7.47. The molecule has 0 saturated heterocycles. The van der Waals surface area contributed by atoms with Crippen molar-refractivity contribution < 1.29 is 0 Å². The molecule has 2 rings (SSSR count). The van der Waals surface area contributed by atoms with Crippen molar-refractivity contribution in [3.8, 4) is 10.7 Å². The predicted molar refractivity (Wildman–Crippen MR) is 87.5 cm³/mol. The summed E-state index contributed by atoms with van der Waals surface area (Å²) in [5.41, 5.74) is 1.13.